The Hall–Kier alpha value is -2.71. The summed E-state index contributed by atoms with van der Waals surface area (Å²) in [5, 5.41) is 18.4. The summed E-state index contributed by atoms with van der Waals surface area (Å²) in [7, 11) is 0. The third-order valence-corrected chi connectivity index (χ3v) is 5.98. The Bertz CT molecular complexity index is 851. The number of aliphatic hydroxyl groups excluding tert-OH is 2. The van der Waals surface area contributed by atoms with Gasteiger partial charge >= 0.3 is 17.9 Å². The fourth-order valence-corrected chi connectivity index (χ4v) is 4.72. The minimum atomic E-state index is -0.807. The molecule has 0 aromatic carbocycles. The Morgan fingerprint density at radius 1 is 1.23 bits per heavy atom. The lowest BCUT2D eigenvalue weighted by atomic mass is 9.79. The minimum Gasteiger partial charge on any atom is -0.458 e. The van der Waals surface area contributed by atoms with Gasteiger partial charge in [-0.2, -0.15) is 0 Å². The van der Waals surface area contributed by atoms with Crippen LogP contribution in [0, 0.1) is 17.8 Å². The summed E-state index contributed by atoms with van der Waals surface area (Å²) in [4.78, 5) is 36.4. The lowest BCUT2D eigenvalue weighted by molar-refractivity contribution is -0.150. The molecule has 2 fully saturated rings. The van der Waals surface area contributed by atoms with Gasteiger partial charge in [-0.25, -0.2) is 9.59 Å². The van der Waals surface area contributed by atoms with Crippen LogP contribution in [0.2, 0.25) is 0 Å². The average molecular weight is 418 g/mol. The second-order valence-corrected chi connectivity index (χ2v) is 7.83. The Morgan fingerprint density at radius 3 is 2.53 bits per heavy atom. The molecule has 30 heavy (non-hydrogen) atoms. The molecule has 6 atom stereocenters. The molecule has 1 heterocycles. The van der Waals surface area contributed by atoms with Crippen LogP contribution in [0.4, 0.5) is 0 Å². The summed E-state index contributed by atoms with van der Waals surface area (Å²) in [5.41, 5.74) is 1.71. The molecule has 162 valence electrons. The highest BCUT2D eigenvalue weighted by atomic mass is 16.6. The normalized spacial score (nSPS) is 33.3. The van der Waals surface area contributed by atoms with E-state index in [0.29, 0.717) is 5.57 Å². The van der Waals surface area contributed by atoms with Crippen molar-refractivity contribution in [2.45, 2.75) is 38.6 Å². The Kier molecular flexibility index (Phi) is 6.28. The number of carbonyl (C=O) groups excluding carboxylic acids is 3. The highest BCUT2D eigenvalue weighted by Crippen LogP contribution is 2.51. The van der Waals surface area contributed by atoms with E-state index in [1.54, 1.807) is 0 Å². The SMILES string of the molecule is C=C1C[C@@H](OC(=O)/C(=C/CO)CO)[C@H]2C(=C)C(=O)O[C@@H]2[C@H]2C(C)=C[C@@H](OC(C)=O)[C@@H]12. The average Bonchev–Trinajstić information content (AvgIpc) is 3.09. The summed E-state index contributed by atoms with van der Waals surface area (Å²) in [6.45, 7) is 10.2. The van der Waals surface area contributed by atoms with Crippen molar-refractivity contribution in [3.63, 3.8) is 0 Å². The zero-order valence-corrected chi connectivity index (χ0v) is 17.0. The van der Waals surface area contributed by atoms with Crippen LogP contribution in [0.5, 0.6) is 0 Å². The van der Waals surface area contributed by atoms with Gasteiger partial charge in [-0.15, -0.1) is 0 Å². The standard InChI is InChI=1S/C22H26O8/c1-10-7-16(29-22(27)14(9-24)5-6-23)19-12(3)21(26)30-20(19)18-11(2)8-15(17(10)18)28-13(4)25/h5,8,15-20,23-24H,1,3,6-7,9H2,2,4H3/b14-5+/t15-,16-,17-,18+,19-,20-/m1/s1. The van der Waals surface area contributed by atoms with Gasteiger partial charge in [0.15, 0.2) is 0 Å². The molecule has 0 spiro atoms. The van der Waals surface area contributed by atoms with Crippen LogP contribution in [0.3, 0.4) is 0 Å². The highest BCUT2D eigenvalue weighted by molar-refractivity contribution is 5.92. The zero-order chi connectivity index (χ0) is 22.2. The lowest BCUT2D eigenvalue weighted by Gasteiger charge is -2.30. The van der Waals surface area contributed by atoms with Gasteiger partial charge < -0.3 is 24.4 Å². The van der Waals surface area contributed by atoms with Gasteiger partial charge in [0.1, 0.15) is 18.3 Å². The molecule has 8 nitrogen and oxygen atoms in total. The molecule has 8 heteroatoms. The first-order valence-corrected chi connectivity index (χ1v) is 9.74. The van der Waals surface area contributed by atoms with Crippen LogP contribution < -0.4 is 0 Å². The third kappa shape index (κ3) is 3.85. The van der Waals surface area contributed by atoms with Crippen LogP contribution in [-0.4, -0.2) is 59.6 Å². The predicted molar refractivity (Wildman–Crippen MR) is 105 cm³/mol. The number of ether oxygens (including phenoxy) is 3. The molecule has 0 aromatic heterocycles. The summed E-state index contributed by atoms with van der Waals surface area (Å²) < 4.78 is 16.7. The second-order valence-electron chi connectivity index (χ2n) is 7.83. The molecular formula is C22H26O8. The van der Waals surface area contributed by atoms with Gasteiger partial charge in [-0.3, -0.25) is 4.79 Å². The number of rotatable bonds is 5. The Labute approximate surface area is 174 Å². The van der Waals surface area contributed by atoms with E-state index in [1.165, 1.54) is 6.92 Å². The molecule has 1 saturated heterocycles. The number of aliphatic hydroxyl groups is 2. The molecular weight excluding hydrogens is 392 g/mol. The maximum Gasteiger partial charge on any atom is 0.336 e. The summed E-state index contributed by atoms with van der Waals surface area (Å²) in [6.07, 6.45) is 1.20. The quantitative estimate of drug-likeness (QED) is 0.294. The van der Waals surface area contributed by atoms with Gasteiger partial charge in [0.2, 0.25) is 0 Å². The van der Waals surface area contributed by atoms with E-state index in [2.05, 4.69) is 13.2 Å². The molecule has 3 aliphatic rings. The van der Waals surface area contributed by atoms with Crippen LogP contribution >= 0.6 is 0 Å². The molecule has 1 saturated carbocycles. The molecule has 0 aromatic rings. The van der Waals surface area contributed by atoms with Crippen molar-refractivity contribution in [2.24, 2.45) is 17.8 Å². The van der Waals surface area contributed by atoms with Crippen molar-refractivity contribution in [2.75, 3.05) is 13.2 Å². The minimum absolute atomic E-state index is 0.0891. The first kappa shape index (κ1) is 22.0. The van der Waals surface area contributed by atoms with Crippen molar-refractivity contribution in [1.29, 1.82) is 0 Å². The zero-order valence-electron chi connectivity index (χ0n) is 17.0. The third-order valence-electron chi connectivity index (χ3n) is 5.98. The van der Waals surface area contributed by atoms with Gasteiger partial charge in [-0.1, -0.05) is 24.3 Å². The Balaban J connectivity index is 1.97. The number of esters is 3. The van der Waals surface area contributed by atoms with E-state index in [-0.39, 0.29) is 29.4 Å². The summed E-state index contributed by atoms with van der Waals surface area (Å²) >= 11 is 0. The fourth-order valence-electron chi connectivity index (χ4n) is 4.72. The van der Waals surface area contributed by atoms with Crippen molar-refractivity contribution in [3.05, 3.63) is 47.6 Å². The lowest BCUT2D eigenvalue weighted by Crippen LogP contribution is -2.37. The maximum atomic E-state index is 12.5. The van der Waals surface area contributed by atoms with E-state index in [9.17, 15) is 19.5 Å². The van der Waals surface area contributed by atoms with Crippen molar-refractivity contribution < 1.29 is 38.8 Å². The molecule has 0 bridgehead atoms. The molecule has 2 N–H and O–H groups in total. The summed E-state index contributed by atoms with van der Waals surface area (Å²) in [5.74, 6) is -3.02. The van der Waals surface area contributed by atoms with Crippen molar-refractivity contribution in [1.82, 2.24) is 0 Å². The summed E-state index contributed by atoms with van der Waals surface area (Å²) in [6, 6.07) is 0. The monoisotopic (exact) mass is 418 g/mol. The number of carbonyl (C=O) groups is 3. The van der Waals surface area contributed by atoms with Crippen LogP contribution in [0.1, 0.15) is 20.3 Å². The molecule has 1 aliphatic heterocycles. The van der Waals surface area contributed by atoms with E-state index in [1.807, 2.05) is 13.0 Å². The fraction of sp³-hybridized carbons (Fsp3) is 0.500. The number of fused-ring (bicyclic) bond motifs is 3. The van der Waals surface area contributed by atoms with E-state index in [0.717, 1.165) is 11.6 Å². The molecule has 0 amide bonds. The van der Waals surface area contributed by atoms with Gasteiger partial charge in [0.05, 0.1) is 24.7 Å². The first-order valence-electron chi connectivity index (χ1n) is 9.74. The smallest absolute Gasteiger partial charge is 0.336 e. The van der Waals surface area contributed by atoms with Crippen molar-refractivity contribution >= 4 is 17.9 Å². The van der Waals surface area contributed by atoms with Gasteiger partial charge in [0, 0.05) is 30.8 Å². The molecule has 0 radical (unpaired) electrons. The Morgan fingerprint density at radius 2 is 1.93 bits per heavy atom. The highest BCUT2D eigenvalue weighted by Gasteiger charge is 2.57. The van der Waals surface area contributed by atoms with Crippen LogP contribution in [0.25, 0.3) is 0 Å². The van der Waals surface area contributed by atoms with E-state index >= 15 is 0 Å². The molecule has 2 aliphatic carbocycles. The number of hydrogen-bond acceptors (Lipinski definition) is 8. The maximum absolute atomic E-state index is 12.5. The molecule has 3 rings (SSSR count). The van der Waals surface area contributed by atoms with Gasteiger partial charge in [0.25, 0.3) is 0 Å². The predicted octanol–water partition coefficient (Wildman–Crippen LogP) is 0.991. The first-order chi connectivity index (χ1) is 14.2. The van der Waals surface area contributed by atoms with E-state index in [4.69, 9.17) is 19.3 Å². The van der Waals surface area contributed by atoms with Crippen LogP contribution in [0.15, 0.2) is 47.6 Å². The largest absolute Gasteiger partial charge is 0.458 e. The van der Waals surface area contributed by atoms with E-state index < -0.39 is 55.4 Å². The topological polar surface area (TPSA) is 119 Å². The number of hydrogen-bond donors (Lipinski definition) is 2. The molecule has 0 unspecified atom stereocenters. The van der Waals surface area contributed by atoms with Gasteiger partial charge in [-0.05, 0) is 19.1 Å². The van der Waals surface area contributed by atoms with Crippen LogP contribution in [-0.2, 0) is 28.6 Å². The second kappa shape index (κ2) is 8.57. The van der Waals surface area contributed by atoms with Crippen molar-refractivity contribution in [3.8, 4) is 0 Å².